The molecule has 1 saturated heterocycles. The van der Waals surface area contributed by atoms with Gasteiger partial charge in [0.25, 0.3) is 0 Å². The van der Waals surface area contributed by atoms with Gasteiger partial charge in [0.05, 0.1) is 6.61 Å². The second-order valence-corrected chi connectivity index (χ2v) is 6.25. The van der Waals surface area contributed by atoms with E-state index in [9.17, 15) is 0 Å². The maximum absolute atomic E-state index is 6.16. The molecule has 0 spiro atoms. The van der Waals surface area contributed by atoms with E-state index in [2.05, 4.69) is 36.2 Å². The minimum Gasteiger partial charge on any atom is -0.493 e. The van der Waals surface area contributed by atoms with Crippen LogP contribution in [-0.2, 0) is 0 Å². The molecular weight excluding hydrogens is 234 g/mol. The topological polar surface area (TPSA) is 12.5 Å². The van der Waals surface area contributed by atoms with Gasteiger partial charge in [-0.05, 0) is 50.4 Å². The maximum Gasteiger partial charge on any atom is 0.122 e. The third-order valence-corrected chi connectivity index (χ3v) is 4.68. The van der Waals surface area contributed by atoms with E-state index in [1.54, 1.807) is 0 Å². The van der Waals surface area contributed by atoms with Gasteiger partial charge in [0.15, 0.2) is 0 Å². The van der Waals surface area contributed by atoms with Crippen LogP contribution < -0.4 is 4.74 Å². The molecule has 0 bridgehead atoms. The normalized spacial score (nSPS) is 25.0. The van der Waals surface area contributed by atoms with Gasteiger partial charge in [-0.2, -0.15) is 0 Å². The molecule has 2 fully saturated rings. The Hall–Kier alpha value is -1.02. The molecule has 0 radical (unpaired) electrons. The molecule has 0 amide bonds. The number of nitrogens with zero attached hydrogens (tertiary/aromatic N) is 1. The monoisotopic (exact) mass is 259 g/mol. The minimum absolute atomic E-state index is 0.710. The number of hydrogen-bond acceptors (Lipinski definition) is 2. The number of likely N-dealkylation sites (tertiary alicyclic amines) is 1. The largest absolute Gasteiger partial charge is 0.493 e. The van der Waals surface area contributed by atoms with Crippen molar-refractivity contribution in [2.45, 2.75) is 38.0 Å². The zero-order chi connectivity index (χ0) is 13.1. The lowest BCUT2D eigenvalue weighted by Gasteiger charge is -2.18. The summed E-state index contributed by atoms with van der Waals surface area (Å²) in [5, 5.41) is 0. The molecule has 2 aliphatic rings. The van der Waals surface area contributed by atoms with Crippen molar-refractivity contribution in [2.24, 2.45) is 5.92 Å². The van der Waals surface area contributed by atoms with E-state index in [1.165, 1.54) is 50.8 Å². The van der Waals surface area contributed by atoms with Crippen molar-refractivity contribution in [1.29, 1.82) is 0 Å². The third kappa shape index (κ3) is 3.11. The van der Waals surface area contributed by atoms with Gasteiger partial charge in [-0.1, -0.05) is 31.0 Å². The molecule has 1 saturated carbocycles. The predicted molar refractivity (Wildman–Crippen MR) is 78.8 cm³/mol. The minimum atomic E-state index is 0.710. The summed E-state index contributed by atoms with van der Waals surface area (Å²) in [4.78, 5) is 2.40. The van der Waals surface area contributed by atoms with Crippen molar-refractivity contribution < 1.29 is 4.74 Å². The summed E-state index contributed by atoms with van der Waals surface area (Å²) in [6.45, 7) is 3.29. The van der Waals surface area contributed by atoms with E-state index >= 15 is 0 Å². The van der Waals surface area contributed by atoms with Crippen LogP contribution in [0.15, 0.2) is 24.3 Å². The summed E-state index contributed by atoms with van der Waals surface area (Å²) in [5.74, 6) is 2.59. The van der Waals surface area contributed by atoms with Gasteiger partial charge in [-0.3, -0.25) is 0 Å². The fraction of sp³-hybridized carbons (Fsp3) is 0.647. The van der Waals surface area contributed by atoms with Crippen LogP contribution in [0.25, 0.3) is 0 Å². The SMILES string of the molecule is CN1CCC(COc2ccccc2C2CCCC2)C1. The fourth-order valence-corrected chi connectivity index (χ4v) is 3.56. The smallest absolute Gasteiger partial charge is 0.122 e. The van der Waals surface area contributed by atoms with Gasteiger partial charge < -0.3 is 9.64 Å². The van der Waals surface area contributed by atoms with E-state index in [1.807, 2.05) is 0 Å². The van der Waals surface area contributed by atoms with E-state index < -0.39 is 0 Å². The standard InChI is InChI=1S/C17H25NO/c1-18-11-10-14(12-18)13-19-17-9-5-4-8-16(17)15-6-2-3-7-15/h4-5,8-9,14-15H,2-3,6-7,10-13H2,1H3. The number of para-hydroxylation sites is 1. The molecule has 1 aliphatic carbocycles. The zero-order valence-electron chi connectivity index (χ0n) is 12.0. The van der Waals surface area contributed by atoms with Crippen LogP contribution in [0.1, 0.15) is 43.6 Å². The maximum atomic E-state index is 6.16. The van der Waals surface area contributed by atoms with Crippen molar-refractivity contribution in [3.63, 3.8) is 0 Å². The highest BCUT2D eigenvalue weighted by molar-refractivity contribution is 5.36. The first kappa shape index (κ1) is 13.0. The number of rotatable bonds is 4. The van der Waals surface area contributed by atoms with Crippen molar-refractivity contribution in [1.82, 2.24) is 4.90 Å². The average Bonchev–Trinajstić information content (AvgIpc) is 3.08. The summed E-state index contributed by atoms with van der Waals surface area (Å²) in [6, 6.07) is 8.69. The van der Waals surface area contributed by atoms with E-state index in [0.717, 1.165) is 18.3 Å². The first-order valence-corrected chi connectivity index (χ1v) is 7.73. The van der Waals surface area contributed by atoms with Crippen LogP contribution in [0.4, 0.5) is 0 Å². The van der Waals surface area contributed by atoms with Crippen LogP contribution in [0.5, 0.6) is 5.75 Å². The molecule has 2 nitrogen and oxygen atoms in total. The zero-order valence-corrected chi connectivity index (χ0v) is 12.0. The van der Waals surface area contributed by atoms with Crippen LogP contribution in [0.3, 0.4) is 0 Å². The van der Waals surface area contributed by atoms with Crippen molar-refractivity contribution in [3.8, 4) is 5.75 Å². The van der Waals surface area contributed by atoms with E-state index in [-0.39, 0.29) is 0 Å². The van der Waals surface area contributed by atoms with Gasteiger partial charge >= 0.3 is 0 Å². The Morgan fingerprint density at radius 1 is 1.16 bits per heavy atom. The Labute approximate surface area is 116 Å². The highest BCUT2D eigenvalue weighted by Crippen LogP contribution is 2.38. The summed E-state index contributed by atoms with van der Waals surface area (Å²) < 4.78 is 6.16. The first-order chi connectivity index (χ1) is 9.33. The van der Waals surface area contributed by atoms with Crippen LogP contribution in [-0.4, -0.2) is 31.6 Å². The van der Waals surface area contributed by atoms with Gasteiger partial charge in [0, 0.05) is 12.5 Å². The molecule has 1 aliphatic heterocycles. The molecular formula is C17H25NO. The molecule has 19 heavy (non-hydrogen) atoms. The number of ether oxygens (including phenoxy) is 1. The molecule has 1 atom stereocenters. The van der Waals surface area contributed by atoms with E-state index in [0.29, 0.717) is 5.92 Å². The second kappa shape index (κ2) is 5.96. The van der Waals surface area contributed by atoms with Gasteiger partial charge in [-0.25, -0.2) is 0 Å². The lowest BCUT2D eigenvalue weighted by Crippen LogP contribution is -2.18. The summed E-state index contributed by atoms with van der Waals surface area (Å²) in [7, 11) is 2.20. The Kier molecular flexibility index (Phi) is 4.07. The highest BCUT2D eigenvalue weighted by atomic mass is 16.5. The van der Waals surface area contributed by atoms with Gasteiger partial charge in [0.1, 0.15) is 5.75 Å². The molecule has 2 heteroatoms. The Balaban J connectivity index is 1.63. The molecule has 1 heterocycles. The van der Waals surface area contributed by atoms with E-state index in [4.69, 9.17) is 4.74 Å². The molecule has 0 N–H and O–H groups in total. The predicted octanol–water partition coefficient (Wildman–Crippen LogP) is 3.67. The summed E-state index contributed by atoms with van der Waals surface area (Å²) >= 11 is 0. The van der Waals surface area contributed by atoms with Gasteiger partial charge in [0.2, 0.25) is 0 Å². The average molecular weight is 259 g/mol. The van der Waals surface area contributed by atoms with Crippen LogP contribution in [0.2, 0.25) is 0 Å². The molecule has 1 aromatic carbocycles. The number of benzene rings is 1. The lowest BCUT2D eigenvalue weighted by atomic mass is 9.97. The summed E-state index contributed by atoms with van der Waals surface area (Å²) in [6.07, 6.45) is 6.72. The highest BCUT2D eigenvalue weighted by Gasteiger charge is 2.23. The second-order valence-electron chi connectivity index (χ2n) is 6.25. The van der Waals surface area contributed by atoms with Gasteiger partial charge in [-0.15, -0.1) is 0 Å². The van der Waals surface area contributed by atoms with Crippen molar-refractivity contribution >= 4 is 0 Å². The van der Waals surface area contributed by atoms with Crippen molar-refractivity contribution in [3.05, 3.63) is 29.8 Å². The first-order valence-electron chi connectivity index (χ1n) is 7.73. The lowest BCUT2D eigenvalue weighted by molar-refractivity contribution is 0.246. The molecule has 3 rings (SSSR count). The molecule has 1 unspecified atom stereocenters. The fourth-order valence-electron chi connectivity index (χ4n) is 3.56. The summed E-state index contributed by atoms with van der Waals surface area (Å²) in [5.41, 5.74) is 1.45. The molecule has 104 valence electrons. The molecule has 1 aromatic rings. The Bertz CT molecular complexity index is 411. The van der Waals surface area contributed by atoms with Crippen LogP contribution >= 0.6 is 0 Å². The van der Waals surface area contributed by atoms with Crippen molar-refractivity contribution in [2.75, 3.05) is 26.7 Å². The Morgan fingerprint density at radius 2 is 1.95 bits per heavy atom. The number of hydrogen-bond donors (Lipinski definition) is 0. The third-order valence-electron chi connectivity index (χ3n) is 4.68. The quantitative estimate of drug-likeness (QED) is 0.818. The van der Waals surface area contributed by atoms with Crippen LogP contribution in [0, 0.1) is 5.92 Å². The Morgan fingerprint density at radius 3 is 2.68 bits per heavy atom. The molecule has 0 aromatic heterocycles.